The van der Waals surface area contributed by atoms with Crippen LogP contribution < -0.4 is 0 Å². The van der Waals surface area contributed by atoms with E-state index in [2.05, 4.69) is 48.5 Å². The lowest BCUT2D eigenvalue weighted by Gasteiger charge is -2.73. The molecule has 6 aliphatic rings. The molecular weight excluding hydrogens is 392 g/mol. The van der Waals surface area contributed by atoms with Gasteiger partial charge in [-0.25, -0.2) is 0 Å². The number of hydrogen-bond acceptors (Lipinski definition) is 2. The smallest absolute Gasteiger partial charge is 0.0663 e. The summed E-state index contributed by atoms with van der Waals surface area (Å²) in [4.78, 5) is 0. The molecule has 2 nitrogen and oxygen atoms in total. The Balaban J connectivity index is 1.42. The summed E-state index contributed by atoms with van der Waals surface area (Å²) >= 11 is 0. The van der Waals surface area contributed by atoms with Crippen LogP contribution in [0.3, 0.4) is 0 Å². The van der Waals surface area contributed by atoms with E-state index in [9.17, 15) is 5.11 Å². The average Bonchev–Trinajstić information content (AvgIpc) is 3.05. The highest BCUT2D eigenvalue weighted by molar-refractivity contribution is 5.21. The van der Waals surface area contributed by atoms with Gasteiger partial charge < -0.3 is 9.84 Å². The number of aliphatic hydroxyl groups is 1. The number of hydrogen-bond donors (Lipinski definition) is 1. The van der Waals surface area contributed by atoms with Gasteiger partial charge in [0.2, 0.25) is 0 Å². The fourth-order valence-electron chi connectivity index (χ4n) is 11.9. The van der Waals surface area contributed by atoms with Crippen LogP contribution in [-0.2, 0) is 4.74 Å². The predicted octanol–water partition coefficient (Wildman–Crippen LogP) is 7.24. The topological polar surface area (TPSA) is 29.5 Å². The molecule has 2 bridgehead atoms. The standard InChI is InChI=1S/C30H50O2/c1-25(2)12-11-22(31)29(7)20(25)10-13-28(6)21(29)9-8-19-23-24-26(3,4)14-16-30(23,18-32-24)17-15-27(19,28)5/h19-24,31H,8-18H2,1-7H3/t19-,20+,21+,22-,23+,24-,27-,28-,29+,30-/m1/s1. The first kappa shape index (κ1) is 22.4. The molecule has 2 heteroatoms. The molecule has 32 heavy (non-hydrogen) atoms. The Bertz CT molecular complexity index is 801. The molecule has 0 aromatic carbocycles. The van der Waals surface area contributed by atoms with Crippen molar-refractivity contribution in [2.75, 3.05) is 6.61 Å². The van der Waals surface area contributed by atoms with E-state index in [0.29, 0.717) is 45.0 Å². The van der Waals surface area contributed by atoms with Crippen molar-refractivity contribution >= 4 is 0 Å². The third-order valence-electron chi connectivity index (χ3n) is 14.0. The lowest BCUT2D eigenvalue weighted by Crippen LogP contribution is -2.69. The van der Waals surface area contributed by atoms with E-state index in [0.717, 1.165) is 24.9 Å². The number of rotatable bonds is 0. The minimum Gasteiger partial charge on any atom is -0.393 e. The maximum atomic E-state index is 11.6. The maximum absolute atomic E-state index is 11.6. The van der Waals surface area contributed by atoms with Crippen LogP contribution in [0.2, 0.25) is 0 Å². The first-order valence-electron chi connectivity index (χ1n) is 14.1. The van der Waals surface area contributed by atoms with Gasteiger partial charge in [0.05, 0.1) is 18.8 Å². The highest BCUT2D eigenvalue weighted by Crippen LogP contribution is 2.78. The second kappa shape index (κ2) is 6.37. The molecule has 0 radical (unpaired) electrons. The number of fused-ring (bicyclic) bond motifs is 5. The summed E-state index contributed by atoms with van der Waals surface area (Å²) in [5, 5.41) is 11.6. The van der Waals surface area contributed by atoms with E-state index in [1.165, 1.54) is 57.8 Å². The molecule has 6 rings (SSSR count). The SMILES string of the molecule is CC1(C)CC[C@]23CC[C@]4(C)[C@H](CC[C@@H]5[C@@]6(C)[C@H](O)CCC(C)(C)[C@@H]6CC[C@]54C)[C@H]2[C@H]1OC3. The van der Waals surface area contributed by atoms with E-state index in [1.54, 1.807) is 0 Å². The molecule has 0 aromatic heterocycles. The second-order valence-corrected chi connectivity index (χ2v) is 15.7. The highest BCUT2D eigenvalue weighted by Gasteiger charge is 2.73. The molecule has 10 atom stereocenters. The average molecular weight is 443 g/mol. The molecule has 0 aromatic rings. The van der Waals surface area contributed by atoms with Crippen LogP contribution in [0.4, 0.5) is 0 Å². The molecule has 1 aliphatic heterocycles. The molecule has 1 N–H and O–H groups in total. The van der Waals surface area contributed by atoms with Crippen molar-refractivity contribution in [2.45, 2.75) is 125 Å². The molecule has 5 aliphatic carbocycles. The summed E-state index contributed by atoms with van der Waals surface area (Å²) in [6.07, 6.45) is 13.4. The van der Waals surface area contributed by atoms with Gasteiger partial charge in [0.15, 0.2) is 0 Å². The first-order chi connectivity index (χ1) is 14.8. The molecule has 6 fully saturated rings. The van der Waals surface area contributed by atoms with Gasteiger partial charge in [-0.05, 0) is 115 Å². The zero-order chi connectivity index (χ0) is 22.9. The summed E-state index contributed by atoms with van der Waals surface area (Å²) in [6, 6.07) is 0. The molecule has 182 valence electrons. The minimum atomic E-state index is -0.117. The van der Waals surface area contributed by atoms with Crippen LogP contribution in [0.1, 0.15) is 113 Å². The fraction of sp³-hybridized carbons (Fsp3) is 1.00. The second-order valence-electron chi connectivity index (χ2n) is 15.7. The van der Waals surface area contributed by atoms with Crippen molar-refractivity contribution in [3.63, 3.8) is 0 Å². The van der Waals surface area contributed by atoms with Crippen molar-refractivity contribution in [2.24, 2.45) is 56.2 Å². The maximum Gasteiger partial charge on any atom is 0.0663 e. The highest BCUT2D eigenvalue weighted by atomic mass is 16.5. The lowest BCUT2D eigenvalue weighted by atomic mass is 9.31. The molecule has 1 heterocycles. The van der Waals surface area contributed by atoms with E-state index in [1.807, 2.05) is 0 Å². The lowest BCUT2D eigenvalue weighted by molar-refractivity contribution is -0.263. The van der Waals surface area contributed by atoms with E-state index in [-0.39, 0.29) is 11.5 Å². The van der Waals surface area contributed by atoms with Gasteiger partial charge in [-0.2, -0.15) is 0 Å². The summed E-state index contributed by atoms with van der Waals surface area (Å²) in [5.74, 6) is 2.90. The van der Waals surface area contributed by atoms with Crippen LogP contribution in [0.5, 0.6) is 0 Å². The normalized spacial score (nSPS) is 60.0. The van der Waals surface area contributed by atoms with Gasteiger partial charge in [-0.15, -0.1) is 0 Å². The fourth-order valence-corrected chi connectivity index (χ4v) is 11.9. The van der Waals surface area contributed by atoms with Gasteiger partial charge in [-0.3, -0.25) is 0 Å². The minimum absolute atomic E-state index is 0.0825. The van der Waals surface area contributed by atoms with Crippen LogP contribution in [-0.4, -0.2) is 23.9 Å². The largest absolute Gasteiger partial charge is 0.393 e. The summed E-state index contributed by atoms with van der Waals surface area (Å²) in [6.45, 7) is 18.9. The van der Waals surface area contributed by atoms with E-state index in [4.69, 9.17) is 4.74 Å². The van der Waals surface area contributed by atoms with Gasteiger partial charge >= 0.3 is 0 Å². The Morgan fingerprint density at radius 2 is 1.38 bits per heavy atom. The van der Waals surface area contributed by atoms with Crippen molar-refractivity contribution < 1.29 is 9.84 Å². The summed E-state index contributed by atoms with van der Waals surface area (Å²) in [5.41, 5.74) is 1.98. The third-order valence-corrected chi connectivity index (χ3v) is 14.0. The Hall–Kier alpha value is -0.0800. The zero-order valence-corrected chi connectivity index (χ0v) is 22.1. The van der Waals surface area contributed by atoms with Crippen molar-refractivity contribution in [3.8, 4) is 0 Å². The van der Waals surface area contributed by atoms with Crippen LogP contribution >= 0.6 is 0 Å². The van der Waals surface area contributed by atoms with Gasteiger partial charge in [0.1, 0.15) is 0 Å². The summed E-state index contributed by atoms with van der Waals surface area (Å²) < 4.78 is 6.70. The Kier molecular flexibility index (Phi) is 4.46. The van der Waals surface area contributed by atoms with Crippen LogP contribution in [0.25, 0.3) is 0 Å². The molecule has 1 saturated heterocycles. The van der Waals surface area contributed by atoms with Crippen molar-refractivity contribution in [1.82, 2.24) is 0 Å². The van der Waals surface area contributed by atoms with Gasteiger partial charge in [-0.1, -0.05) is 48.5 Å². The third kappa shape index (κ3) is 2.41. The Labute approximate surface area is 197 Å². The molecule has 5 saturated carbocycles. The van der Waals surface area contributed by atoms with Crippen molar-refractivity contribution in [3.05, 3.63) is 0 Å². The Morgan fingerprint density at radius 1 is 0.656 bits per heavy atom. The number of aliphatic hydroxyl groups excluding tert-OH is 1. The van der Waals surface area contributed by atoms with E-state index >= 15 is 0 Å². The van der Waals surface area contributed by atoms with Crippen LogP contribution in [0, 0.1) is 56.2 Å². The quantitative estimate of drug-likeness (QED) is 0.428. The van der Waals surface area contributed by atoms with Gasteiger partial charge in [0.25, 0.3) is 0 Å². The first-order valence-corrected chi connectivity index (χ1v) is 14.1. The zero-order valence-electron chi connectivity index (χ0n) is 22.1. The molecule has 0 unspecified atom stereocenters. The Morgan fingerprint density at radius 3 is 2.12 bits per heavy atom. The summed E-state index contributed by atoms with van der Waals surface area (Å²) in [7, 11) is 0. The van der Waals surface area contributed by atoms with Gasteiger partial charge in [0, 0.05) is 5.41 Å². The number of ether oxygens (including phenoxy) is 1. The monoisotopic (exact) mass is 442 g/mol. The predicted molar refractivity (Wildman–Crippen MR) is 130 cm³/mol. The van der Waals surface area contributed by atoms with Crippen LogP contribution in [0.15, 0.2) is 0 Å². The molecule has 0 spiro atoms. The van der Waals surface area contributed by atoms with Crippen molar-refractivity contribution in [1.29, 1.82) is 0 Å². The van der Waals surface area contributed by atoms with E-state index < -0.39 is 0 Å². The molecular formula is C30H50O2. The molecule has 0 amide bonds.